The summed E-state index contributed by atoms with van der Waals surface area (Å²) in [5.74, 6) is -0.924. The van der Waals surface area contributed by atoms with E-state index in [4.69, 9.17) is 21.7 Å². The standard InChI is InChI=1S/C5H9NO3.C4H11N.CH4O/c6-4(3-7)1-2-5(8)9;1-4(2,3)5;1-2/h3-4H,1-2,6H2,(H,8,9);5H2,1-3H3;2H,1H3/t4-;;/m0../s1. The smallest absolute Gasteiger partial charge is 0.303 e. The molecule has 6 heteroatoms. The largest absolute Gasteiger partial charge is 0.481 e. The number of aliphatic hydroxyl groups is 1. The minimum absolute atomic E-state index is 0. The van der Waals surface area contributed by atoms with Crippen molar-refractivity contribution >= 4 is 12.3 Å². The van der Waals surface area contributed by atoms with E-state index >= 15 is 0 Å². The third kappa shape index (κ3) is 51.9. The molecule has 0 aliphatic heterocycles. The van der Waals surface area contributed by atoms with Crippen LogP contribution in [0.15, 0.2) is 0 Å². The van der Waals surface area contributed by atoms with E-state index in [1.807, 2.05) is 20.8 Å². The van der Waals surface area contributed by atoms with Gasteiger partial charge in [-0.2, -0.15) is 0 Å². The number of carbonyl (C=O) groups is 2. The molecule has 1 atom stereocenters. The van der Waals surface area contributed by atoms with Crippen molar-refractivity contribution in [3.63, 3.8) is 0 Å². The zero-order chi connectivity index (χ0) is 13.8. The molecule has 0 bridgehead atoms. The summed E-state index contributed by atoms with van der Waals surface area (Å²) in [6, 6.07) is -0.624. The van der Waals surface area contributed by atoms with Gasteiger partial charge in [-0.1, -0.05) is 0 Å². The molecule has 6 N–H and O–H groups in total. The van der Waals surface area contributed by atoms with E-state index in [0.717, 1.165) is 7.11 Å². The molecule has 0 aromatic carbocycles. The highest BCUT2D eigenvalue weighted by Gasteiger charge is 2.02. The first-order valence-corrected chi connectivity index (χ1v) is 4.83. The molecule has 6 nitrogen and oxygen atoms in total. The number of rotatable bonds is 4. The van der Waals surface area contributed by atoms with Gasteiger partial charge in [-0.25, -0.2) is 0 Å². The average molecular weight is 236 g/mol. The van der Waals surface area contributed by atoms with Gasteiger partial charge in [-0.3, -0.25) is 4.79 Å². The van der Waals surface area contributed by atoms with Crippen molar-refractivity contribution in [2.75, 3.05) is 7.11 Å². The number of carboxylic acids is 1. The number of aliphatic hydroxyl groups excluding tert-OH is 1. The van der Waals surface area contributed by atoms with Crippen LogP contribution < -0.4 is 11.5 Å². The average Bonchev–Trinajstić information content (AvgIpc) is 2.14. The van der Waals surface area contributed by atoms with E-state index in [9.17, 15) is 9.59 Å². The Kier molecular flexibility index (Phi) is 15.4. The van der Waals surface area contributed by atoms with Crippen LogP contribution in [0.1, 0.15) is 33.6 Å². The topological polar surface area (TPSA) is 127 Å². The summed E-state index contributed by atoms with van der Waals surface area (Å²) in [7, 11) is 1.00. The summed E-state index contributed by atoms with van der Waals surface area (Å²) in [5.41, 5.74) is 10.4. The lowest BCUT2D eigenvalue weighted by molar-refractivity contribution is -0.137. The van der Waals surface area contributed by atoms with Crippen LogP contribution in [0.4, 0.5) is 0 Å². The van der Waals surface area contributed by atoms with Gasteiger partial charge in [0.2, 0.25) is 0 Å². The molecular weight excluding hydrogens is 212 g/mol. The monoisotopic (exact) mass is 236 g/mol. The van der Waals surface area contributed by atoms with Crippen LogP contribution in [-0.4, -0.2) is 41.2 Å². The summed E-state index contributed by atoms with van der Waals surface area (Å²) in [6.45, 7) is 5.90. The first-order valence-electron chi connectivity index (χ1n) is 4.83. The Morgan fingerprint density at radius 3 is 1.88 bits per heavy atom. The molecular formula is C10H24N2O4. The van der Waals surface area contributed by atoms with Crippen LogP contribution >= 0.6 is 0 Å². The van der Waals surface area contributed by atoms with Crippen molar-refractivity contribution in [3.8, 4) is 0 Å². The molecule has 0 aliphatic carbocycles. The Bertz CT molecular complexity index is 172. The van der Waals surface area contributed by atoms with E-state index in [2.05, 4.69) is 0 Å². The number of aliphatic carboxylic acids is 1. The van der Waals surface area contributed by atoms with Crippen LogP contribution in [0.2, 0.25) is 0 Å². The molecule has 0 fully saturated rings. The molecule has 0 aromatic rings. The van der Waals surface area contributed by atoms with Crippen LogP contribution in [0.3, 0.4) is 0 Å². The summed E-state index contributed by atoms with van der Waals surface area (Å²) in [5, 5.41) is 15.1. The van der Waals surface area contributed by atoms with Gasteiger partial charge >= 0.3 is 5.97 Å². The minimum Gasteiger partial charge on any atom is -0.481 e. The number of hydrogen-bond acceptors (Lipinski definition) is 5. The predicted octanol–water partition coefficient (Wildman–Crippen LogP) is -0.270. The van der Waals surface area contributed by atoms with Crippen molar-refractivity contribution in [2.24, 2.45) is 11.5 Å². The van der Waals surface area contributed by atoms with Crippen molar-refractivity contribution < 1.29 is 19.8 Å². The molecule has 16 heavy (non-hydrogen) atoms. The highest BCUT2D eigenvalue weighted by molar-refractivity contribution is 5.68. The van der Waals surface area contributed by atoms with E-state index in [1.54, 1.807) is 0 Å². The molecule has 0 radical (unpaired) electrons. The Hall–Kier alpha value is -0.980. The summed E-state index contributed by atoms with van der Waals surface area (Å²) >= 11 is 0. The SMILES string of the molecule is CC(C)(C)N.CO.N[C@H](C=O)CCC(=O)O. The molecule has 0 aliphatic rings. The van der Waals surface area contributed by atoms with Gasteiger partial charge in [0, 0.05) is 19.1 Å². The van der Waals surface area contributed by atoms with E-state index in [1.165, 1.54) is 0 Å². The third-order valence-corrected chi connectivity index (χ3v) is 0.866. The van der Waals surface area contributed by atoms with Gasteiger partial charge in [0.05, 0.1) is 6.04 Å². The predicted molar refractivity (Wildman–Crippen MR) is 63.0 cm³/mol. The Morgan fingerprint density at radius 2 is 1.69 bits per heavy atom. The molecule has 0 spiro atoms. The molecule has 0 saturated heterocycles. The lowest BCUT2D eigenvalue weighted by Gasteiger charge is -2.06. The lowest BCUT2D eigenvalue weighted by atomic mass is 10.1. The normalized spacial score (nSPS) is 11.2. The van der Waals surface area contributed by atoms with Crippen LogP contribution in [0.5, 0.6) is 0 Å². The highest BCUT2D eigenvalue weighted by atomic mass is 16.4. The minimum atomic E-state index is -0.924. The molecule has 0 aromatic heterocycles. The summed E-state index contributed by atoms with van der Waals surface area (Å²) < 4.78 is 0. The second-order valence-corrected chi connectivity index (χ2v) is 4.10. The van der Waals surface area contributed by atoms with Gasteiger partial charge in [-0.05, 0) is 27.2 Å². The number of carbonyl (C=O) groups excluding carboxylic acids is 1. The number of hydrogen-bond donors (Lipinski definition) is 4. The zero-order valence-corrected chi connectivity index (χ0v) is 10.4. The van der Waals surface area contributed by atoms with E-state index in [0.29, 0.717) is 6.29 Å². The Balaban J connectivity index is -0.000000205. The third-order valence-electron chi connectivity index (χ3n) is 0.866. The lowest BCUT2D eigenvalue weighted by Crippen LogP contribution is -2.26. The summed E-state index contributed by atoms with van der Waals surface area (Å²) in [4.78, 5) is 19.6. The first-order chi connectivity index (χ1) is 7.16. The van der Waals surface area contributed by atoms with Crippen LogP contribution in [-0.2, 0) is 9.59 Å². The fraction of sp³-hybridized carbons (Fsp3) is 0.800. The molecule has 0 saturated carbocycles. The van der Waals surface area contributed by atoms with Crippen LogP contribution in [0, 0.1) is 0 Å². The number of carboxylic acid groups (broad SMARTS) is 1. The van der Waals surface area contributed by atoms with Crippen molar-refractivity contribution in [3.05, 3.63) is 0 Å². The van der Waals surface area contributed by atoms with Crippen molar-refractivity contribution in [1.82, 2.24) is 0 Å². The number of nitrogens with two attached hydrogens (primary N) is 2. The van der Waals surface area contributed by atoms with Crippen LogP contribution in [0.25, 0.3) is 0 Å². The fourth-order valence-corrected chi connectivity index (χ4v) is 0.358. The number of aldehydes is 1. The molecule has 0 heterocycles. The second-order valence-electron chi connectivity index (χ2n) is 4.10. The fourth-order valence-electron chi connectivity index (χ4n) is 0.358. The molecule has 0 unspecified atom stereocenters. The maximum Gasteiger partial charge on any atom is 0.303 e. The van der Waals surface area contributed by atoms with Gasteiger partial charge in [0.15, 0.2) is 0 Å². The van der Waals surface area contributed by atoms with Gasteiger partial charge < -0.3 is 26.5 Å². The molecule has 0 amide bonds. The summed E-state index contributed by atoms with van der Waals surface area (Å²) in [6.07, 6.45) is 0.724. The molecule has 0 rings (SSSR count). The Morgan fingerprint density at radius 1 is 1.38 bits per heavy atom. The maximum absolute atomic E-state index is 9.85. The van der Waals surface area contributed by atoms with Crippen molar-refractivity contribution in [1.29, 1.82) is 0 Å². The quantitative estimate of drug-likeness (QED) is 0.498. The van der Waals surface area contributed by atoms with E-state index < -0.39 is 12.0 Å². The van der Waals surface area contributed by atoms with Gasteiger partial charge in [0.25, 0.3) is 0 Å². The van der Waals surface area contributed by atoms with Gasteiger partial charge in [-0.15, -0.1) is 0 Å². The Labute approximate surface area is 96.6 Å². The van der Waals surface area contributed by atoms with Crippen molar-refractivity contribution in [2.45, 2.75) is 45.2 Å². The van der Waals surface area contributed by atoms with Gasteiger partial charge in [0.1, 0.15) is 6.29 Å². The second kappa shape index (κ2) is 12.1. The molecule has 98 valence electrons. The zero-order valence-electron chi connectivity index (χ0n) is 10.4. The maximum atomic E-state index is 9.85. The highest BCUT2D eigenvalue weighted by Crippen LogP contribution is 1.90. The first kappa shape index (κ1) is 20.4. The van der Waals surface area contributed by atoms with E-state index in [-0.39, 0.29) is 18.4 Å².